The number of amides is 11. The molecule has 1 aromatic rings. The molecule has 0 unspecified atom stereocenters. The van der Waals surface area contributed by atoms with E-state index in [2.05, 4.69) is 63.5 Å². The lowest BCUT2D eigenvalue weighted by molar-refractivity contribution is -0.153. The van der Waals surface area contributed by atoms with Gasteiger partial charge in [0, 0.05) is 31.5 Å². The van der Waals surface area contributed by atoms with Gasteiger partial charge in [-0.3, -0.25) is 62.5 Å². The number of hydrogen-bond donors (Lipinski definition) is 16. The fraction of sp³-hybridized carbons (Fsp3) is 0.683. The zero-order valence-electron chi connectivity index (χ0n) is 53.9. The third kappa shape index (κ3) is 26.2. The molecular weight excluding hydrogens is 1170 g/mol. The molecule has 1 heterocycles. The van der Waals surface area contributed by atoms with Crippen LogP contribution in [0.5, 0.6) is 0 Å². The number of aliphatic imine (C=N–C) groups is 1. The van der Waals surface area contributed by atoms with Crippen LogP contribution < -0.4 is 75.7 Å². The molecule has 1 fully saturated rings. The highest BCUT2D eigenvalue weighted by atomic mass is 16.5. The number of hydrogen-bond acceptors (Lipinski definition) is 17. The van der Waals surface area contributed by atoms with Gasteiger partial charge in [-0.05, 0) is 75.8 Å². The predicted molar refractivity (Wildman–Crippen MR) is 333 cm³/mol. The third-order valence-electron chi connectivity index (χ3n) is 16.2. The number of aliphatic hydroxyl groups excluding tert-OH is 2. The smallest absolute Gasteiger partial charge is 0.308 e. The van der Waals surface area contributed by atoms with Gasteiger partial charge in [-0.25, -0.2) is 0 Å². The molecule has 0 saturated carbocycles. The monoisotopic (exact) mass is 1270 g/mol. The van der Waals surface area contributed by atoms with Crippen LogP contribution in [0.3, 0.4) is 0 Å². The van der Waals surface area contributed by atoms with E-state index in [1.807, 2.05) is 44.2 Å². The third-order valence-corrected chi connectivity index (χ3v) is 16.2. The van der Waals surface area contributed by atoms with Crippen molar-refractivity contribution in [1.29, 1.82) is 0 Å². The van der Waals surface area contributed by atoms with Crippen molar-refractivity contribution in [3.63, 3.8) is 0 Å². The first-order chi connectivity index (χ1) is 42.5. The number of nitrogens with one attached hydrogen (secondary N) is 11. The number of benzene rings is 1. The highest BCUT2D eigenvalue weighted by Crippen LogP contribution is 2.18. The van der Waals surface area contributed by atoms with Gasteiger partial charge in [0.05, 0.1) is 25.7 Å². The maximum Gasteiger partial charge on any atom is 0.308 e. The number of carbonyl (C=O) groups excluding carboxylic acids is 12. The fourth-order valence-corrected chi connectivity index (χ4v) is 9.56. The summed E-state index contributed by atoms with van der Waals surface area (Å²) in [5.41, 5.74) is 17.2. The molecule has 0 bridgehead atoms. The second kappa shape index (κ2) is 39.9. The molecular formula is C60H101N15O15. The Labute approximate surface area is 527 Å². The SMILES string of the molecule is CC[C@H](C)[C@H](NC(=O)[C@@H](Cc1ccccc1)NC)C(=O)N[C@@H](CO)C(=O)N[C@H](CCC(N)=O)C(=O)N[C@@H](C(=O)N[C@H](C(=O)N[C@@H](CO)C(=O)N[C@H]1C(=O)N[C@@H](C)C(=O)N[C@@H](CCCN=C(N)N)CC(=O)N[C@@H]([C@@H](C)CC)CC(=O)O[C@H]1C)[C@@H](C)CC)[C@@H](C)CC. The number of aliphatic hydroxyl groups is 2. The van der Waals surface area contributed by atoms with Crippen LogP contribution in [0.2, 0.25) is 0 Å². The average Bonchev–Trinajstić information content (AvgIpc) is 1.63. The number of primary amides is 1. The molecule has 506 valence electrons. The number of ether oxygens (including phenoxy) is 1. The van der Waals surface area contributed by atoms with Crippen molar-refractivity contribution < 1.29 is 72.5 Å². The van der Waals surface area contributed by atoms with E-state index in [0.717, 1.165) is 5.56 Å². The van der Waals surface area contributed by atoms with Crippen molar-refractivity contribution in [3.05, 3.63) is 35.9 Å². The molecule has 0 aliphatic carbocycles. The number of nitrogens with two attached hydrogens (primary N) is 3. The summed E-state index contributed by atoms with van der Waals surface area (Å²) in [5.74, 6) is -12.5. The first-order valence-electron chi connectivity index (χ1n) is 31.0. The lowest BCUT2D eigenvalue weighted by Gasteiger charge is -2.31. The van der Waals surface area contributed by atoms with Crippen molar-refractivity contribution in [3.8, 4) is 0 Å². The van der Waals surface area contributed by atoms with E-state index in [1.54, 1.807) is 48.6 Å². The topological polar surface area (TPSA) is 477 Å². The molecule has 30 heteroatoms. The minimum absolute atomic E-state index is 0.145. The van der Waals surface area contributed by atoms with Crippen LogP contribution in [0.4, 0.5) is 0 Å². The molecule has 30 nitrogen and oxygen atoms in total. The van der Waals surface area contributed by atoms with Crippen molar-refractivity contribution in [2.75, 3.05) is 26.8 Å². The number of nitrogens with zero attached hydrogens (tertiary/aromatic N) is 1. The molecule has 1 aromatic carbocycles. The Hall–Kier alpha value is -7.99. The number of esters is 1. The van der Waals surface area contributed by atoms with Gasteiger partial charge < -0.3 is 90.6 Å². The van der Waals surface area contributed by atoms with Crippen LogP contribution >= 0.6 is 0 Å². The minimum atomic E-state index is -1.82. The average molecular weight is 1270 g/mol. The van der Waals surface area contributed by atoms with E-state index in [4.69, 9.17) is 21.9 Å². The van der Waals surface area contributed by atoms with Gasteiger partial charge in [-0.2, -0.15) is 0 Å². The van der Waals surface area contributed by atoms with Crippen LogP contribution in [0, 0.1) is 23.7 Å². The highest BCUT2D eigenvalue weighted by Gasteiger charge is 2.40. The maximum absolute atomic E-state index is 14.4. The van der Waals surface area contributed by atoms with E-state index in [9.17, 15) is 67.7 Å². The Balaban J connectivity index is 2.42. The van der Waals surface area contributed by atoms with E-state index >= 15 is 0 Å². The summed E-state index contributed by atoms with van der Waals surface area (Å²) >= 11 is 0. The Bertz CT molecular complexity index is 2590. The van der Waals surface area contributed by atoms with Gasteiger partial charge in [-0.15, -0.1) is 0 Å². The summed E-state index contributed by atoms with van der Waals surface area (Å²) in [7, 11) is 1.60. The van der Waals surface area contributed by atoms with Crippen molar-refractivity contribution >= 4 is 76.9 Å². The zero-order chi connectivity index (χ0) is 67.9. The second-order valence-corrected chi connectivity index (χ2v) is 23.2. The number of rotatable bonds is 34. The van der Waals surface area contributed by atoms with E-state index < -0.39 is 187 Å². The molecule has 1 aliphatic heterocycles. The number of carbonyl (C=O) groups is 12. The van der Waals surface area contributed by atoms with Crippen LogP contribution in [-0.2, 0) is 68.7 Å². The summed E-state index contributed by atoms with van der Waals surface area (Å²) in [6.07, 6.45) is -0.479. The van der Waals surface area contributed by atoms with Crippen LogP contribution in [0.25, 0.3) is 0 Å². The lowest BCUT2D eigenvalue weighted by atomic mass is 9.94. The van der Waals surface area contributed by atoms with Gasteiger partial charge in [0.15, 0.2) is 5.96 Å². The largest absolute Gasteiger partial charge is 0.460 e. The molecule has 0 radical (unpaired) electrons. The standard InChI is InChI=1S/C60H101N15O15/c1-12-31(5)40-28-46(80)90-36(10)50(59(89)66-35(9)51(81)67-38(27-45(79)68-40)22-19-25-65-60(62)63)75-55(85)43(30-77)71-57(87)48(33(7)14-3)74-58(88)49(34(8)15-4)72-52(82)39(23-24-44(61)78)69-54(84)42(29-76)70-56(86)47(32(6)13-2)73-53(83)41(64-11)26-37-20-17-16-18-21-37/h16-18,20-21,31-36,38-43,47-50,64,76-77H,12-15,19,22-30H2,1-11H3,(H2,61,78)(H,66,89)(H,67,81)(H,68,79)(H,69,84)(H,70,86)(H,71,87)(H,72,82)(H,73,83)(H,74,88)(H,75,85)(H4,62,63,65)/t31-,32-,33-,34-,35-,36-,38-,39+,40+,41+,42-,43-,47-,48-,49+,50+/m0/s1. The van der Waals surface area contributed by atoms with E-state index in [0.29, 0.717) is 25.7 Å². The summed E-state index contributed by atoms with van der Waals surface area (Å²) in [6, 6.07) is -5.30. The Morgan fingerprint density at radius 2 is 1.11 bits per heavy atom. The molecule has 0 spiro atoms. The first-order valence-corrected chi connectivity index (χ1v) is 31.0. The van der Waals surface area contributed by atoms with Crippen LogP contribution in [0.15, 0.2) is 35.3 Å². The molecule has 90 heavy (non-hydrogen) atoms. The van der Waals surface area contributed by atoms with Crippen molar-refractivity contribution in [2.24, 2.45) is 45.9 Å². The molecule has 1 saturated heterocycles. The Morgan fingerprint density at radius 1 is 0.622 bits per heavy atom. The summed E-state index contributed by atoms with van der Waals surface area (Å²) in [6.45, 7) is 14.6. The summed E-state index contributed by atoms with van der Waals surface area (Å²) in [5, 5.41) is 49.8. The number of likely N-dealkylation sites (N-methyl/N-ethyl adjacent to an activating group) is 1. The Morgan fingerprint density at radius 3 is 1.60 bits per heavy atom. The quantitative estimate of drug-likeness (QED) is 0.0141. The Kier molecular flexibility index (Phi) is 34.6. The van der Waals surface area contributed by atoms with Crippen LogP contribution in [0.1, 0.15) is 139 Å². The fourth-order valence-electron chi connectivity index (χ4n) is 9.56. The van der Waals surface area contributed by atoms with Crippen LogP contribution in [-0.4, -0.2) is 186 Å². The van der Waals surface area contributed by atoms with Gasteiger partial charge in [0.2, 0.25) is 65.0 Å². The molecule has 16 atom stereocenters. The predicted octanol–water partition coefficient (Wildman–Crippen LogP) is -3.10. The molecule has 1 aliphatic rings. The number of guanidine groups is 1. The second-order valence-electron chi connectivity index (χ2n) is 23.2. The minimum Gasteiger partial charge on any atom is -0.460 e. The van der Waals surface area contributed by atoms with Gasteiger partial charge >= 0.3 is 5.97 Å². The highest BCUT2D eigenvalue weighted by molar-refractivity contribution is 5.99. The number of cyclic esters (lactones) is 1. The molecule has 11 amide bonds. The van der Waals surface area contributed by atoms with Gasteiger partial charge in [0.25, 0.3) is 0 Å². The normalized spacial score (nSPS) is 21.1. The van der Waals surface area contributed by atoms with E-state index in [-0.39, 0.29) is 50.5 Å². The molecule has 2 rings (SSSR count). The summed E-state index contributed by atoms with van der Waals surface area (Å²) < 4.78 is 5.67. The zero-order valence-corrected chi connectivity index (χ0v) is 53.9. The first kappa shape index (κ1) is 78.1. The lowest BCUT2D eigenvalue weighted by Crippen LogP contribution is -2.63. The molecule has 0 aromatic heterocycles. The van der Waals surface area contributed by atoms with Gasteiger partial charge in [0.1, 0.15) is 54.4 Å². The van der Waals surface area contributed by atoms with Crippen molar-refractivity contribution in [1.82, 2.24) is 58.5 Å². The van der Waals surface area contributed by atoms with Gasteiger partial charge in [-0.1, -0.05) is 111 Å². The summed E-state index contributed by atoms with van der Waals surface area (Å²) in [4.78, 5) is 169. The molecule has 19 N–H and O–H groups in total. The van der Waals surface area contributed by atoms with Crippen molar-refractivity contribution in [2.45, 2.75) is 212 Å². The maximum atomic E-state index is 14.4. The van der Waals surface area contributed by atoms with E-state index in [1.165, 1.54) is 13.8 Å².